The summed E-state index contributed by atoms with van der Waals surface area (Å²) in [7, 11) is -3.53. The van der Waals surface area contributed by atoms with Crippen molar-refractivity contribution in [3.05, 3.63) is 30.5 Å². The van der Waals surface area contributed by atoms with Gasteiger partial charge in [-0.3, -0.25) is 0 Å². The van der Waals surface area contributed by atoms with Crippen LogP contribution in [0.15, 0.2) is 35.4 Å². The minimum Gasteiger partial charge on any atom is -0.393 e. The fourth-order valence-corrected chi connectivity index (χ4v) is 6.42. The van der Waals surface area contributed by atoms with Gasteiger partial charge in [-0.1, -0.05) is 25.5 Å². The molecule has 0 unspecified atom stereocenters. The van der Waals surface area contributed by atoms with Crippen LogP contribution in [-0.2, 0) is 10.0 Å². The molecule has 2 aliphatic rings. The van der Waals surface area contributed by atoms with Crippen molar-refractivity contribution in [3.8, 4) is 11.3 Å². The topological polar surface area (TPSA) is 125 Å². The van der Waals surface area contributed by atoms with Gasteiger partial charge in [0.1, 0.15) is 5.69 Å². The predicted molar refractivity (Wildman–Crippen MR) is 139 cm³/mol. The number of hydrogen-bond acceptors (Lipinski definition) is 8. The first kappa shape index (κ1) is 25.1. The van der Waals surface area contributed by atoms with Crippen LogP contribution in [0.25, 0.3) is 22.3 Å². The number of aliphatic hydroxyl groups excluding tert-OH is 1. The maximum Gasteiger partial charge on any atom is 0.243 e. The fourth-order valence-electron chi connectivity index (χ4n) is 4.97. The predicted octanol–water partition coefficient (Wildman–Crippen LogP) is 2.78. The van der Waals surface area contributed by atoms with Crippen LogP contribution in [0.2, 0.25) is 0 Å². The Kier molecular flexibility index (Phi) is 7.52. The molecule has 2 fully saturated rings. The Balaban J connectivity index is 1.49. The molecule has 1 saturated heterocycles. The molecular weight excluding hydrogens is 478 g/mol. The number of unbranched alkanes of at least 4 members (excludes halogenated alkanes) is 1. The van der Waals surface area contributed by atoms with Crippen LogP contribution in [-0.4, -0.2) is 76.4 Å². The third kappa shape index (κ3) is 5.10. The lowest BCUT2D eigenvalue weighted by molar-refractivity contribution is 0.109. The molecule has 0 atom stereocenters. The molecule has 0 radical (unpaired) electrons. The number of aromatic nitrogens is 4. The molecule has 0 amide bonds. The Labute approximate surface area is 212 Å². The molecule has 0 spiro atoms. The summed E-state index contributed by atoms with van der Waals surface area (Å²) in [6, 6.07) is 7.11. The van der Waals surface area contributed by atoms with E-state index in [4.69, 9.17) is 10.1 Å². The number of nitrogens with zero attached hydrogens (tertiary/aromatic N) is 5. The third-order valence-corrected chi connectivity index (χ3v) is 9.03. The second kappa shape index (κ2) is 10.8. The quantitative estimate of drug-likeness (QED) is 0.393. The first-order chi connectivity index (χ1) is 17.5. The highest BCUT2D eigenvalue weighted by Gasteiger charge is 2.27. The van der Waals surface area contributed by atoms with E-state index >= 15 is 0 Å². The summed E-state index contributed by atoms with van der Waals surface area (Å²) >= 11 is 0. The zero-order valence-corrected chi connectivity index (χ0v) is 21.5. The van der Waals surface area contributed by atoms with Crippen molar-refractivity contribution in [2.24, 2.45) is 0 Å². The summed E-state index contributed by atoms with van der Waals surface area (Å²) in [5.41, 5.74) is 2.32. The molecule has 194 valence electrons. The number of anilines is 1. The molecule has 0 bridgehead atoms. The molecule has 3 heterocycles. The van der Waals surface area contributed by atoms with Crippen LogP contribution in [0.3, 0.4) is 0 Å². The summed E-state index contributed by atoms with van der Waals surface area (Å²) in [6.07, 6.45) is 6.83. The van der Waals surface area contributed by atoms with E-state index in [1.165, 1.54) is 4.31 Å². The molecule has 2 aromatic heterocycles. The molecule has 36 heavy (non-hydrogen) atoms. The lowest BCUT2D eigenvalue weighted by atomic mass is 9.93. The summed E-state index contributed by atoms with van der Waals surface area (Å²) in [5, 5.41) is 22.3. The average Bonchev–Trinajstić information content (AvgIpc) is 3.29. The maximum absolute atomic E-state index is 13.1. The van der Waals surface area contributed by atoms with Gasteiger partial charge in [0.2, 0.25) is 16.0 Å². The van der Waals surface area contributed by atoms with E-state index in [0.717, 1.165) is 67.4 Å². The first-order valence-corrected chi connectivity index (χ1v) is 14.4. The number of fused-ring (bicyclic) bond motifs is 1. The zero-order valence-electron chi connectivity index (χ0n) is 20.7. The van der Waals surface area contributed by atoms with Gasteiger partial charge in [0, 0.05) is 44.5 Å². The van der Waals surface area contributed by atoms with Gasteiger partial charge in [-0.15, -0.1) is 0 Å². The second-order valence-corrected chi connectivity index (χ2v) is 11.6. The number of sulfonamides is 1. The lowest BCUT2D eigenvalue weighted by Gasteiger charge is -2.26. The van der Waals surface area contributed by atoms with Crippen molar-refractivity contribution >= 4 is 27.0 Å². The highest BCUT2D eigenvalue weighted by atomic mass is 32.2. The van der Waals surface area contributed by atoms with Crippen LogP contribution in [0.1, 0.15) is 51.5 Å². The lowest BCUT2D eigenvalue weighted by Crippen LogP contribution is -2.46. The van der Waals surface area contributed by atoms with Crippen molar-refractivity contribution in [2.45, 2.75) is 62.5 Å². The number of hydrogen-bond donors (Lipinski definition) is 3. The van der Waals surface area contributed by atoms with Crippen LogP contribution in [0.5, 0.6) is 0 Å². The number of piperazine rings is 1. The Hall–Kier alpha value is -2.60. The molecular formula is C25H35N7O3S. The Morgan fingerprint density at radius 3 is 2.53 bits per heavy atom. The van der Waals surface area contributed by atoms with Gasteiger partial charge in [-0.2, -0.15) is 14.4 Å². The van der Waals surface area contributed by atoms with Crippen LogP contribution in [0, 0.1) is 0 Å². The molecule has 5 rings (SSSR count). The molecule has 1 aliphatic heterocycles. The van der Waals surface area contributed by atoms with Crippen molar-refractivity contribution in [1.82, 2.24) is 29.4 Å². The summed E-state index contributed by atoms with van der Waals surface area (Å²) < 4.78 is 29.6. The summed E-state index contributed by atoms with van der Waals surface area (Å²) in [5.74, 6) is 0.581. The van der Waals surface area contributed by atoms with E-state index in [2.05, 4.69) is 22.5 Å². The van der Waals surface area contributed by atoms with E-state index in [1.54, 1.807) is 18.3 Å². The van der Waals surface area contributed by atoms with E-state index in [0.29, 0.717) is 32.1 Å². The Morgan fingerprint density at radius 2 is 1.83 bits per heavy atom. The molecule has 3 N–H and O–H groups in total. The smallest absolute Gasteiger partial charge is 0.243 e. The van der Waals surface area contributed by atoms with Crippen molar-refractivity contribution < 1.29 is 13.5 Å². The van der Waals surface area contributed by atoms with E-state index in [9.17, 15) is 13.5 Å². The summed E-state index contributed by atoms with van der Waals surface area (Å²) in [4.78, 5) is 9.63. The maximum atomic E-state index is 13.1. The van der Waals surface area contributed by atoms with E-state index in [-0.39, 0.29) is 17.0 Å². The standard InChI is InChI=1S/C25H35N7O3S/c1-2-3-12-27-25-28-17-22-23(30-32(24(22)29-25)19-6-8-20(33)9-7-19)18-4-10-21(11-5-18)36(34,35)31-15-13-26-14-16-31/h4-5,10-11,17,19-20,26,33H,2-3,6-9,12-16H2,1H3,(H,27,28,29). The van der Waals surface area contributed by atoms with Gasteiger partial charge >= 0.3 is 0 Å². The molecule has 10 nitrogen and oxygen atoms in total. The van der Waals surface area contributed by atoms with Gasteiger partial charge < -0.3 is 15.7 Å². The molecule has 3 aromatic rings. The van der Waals surface area contributed by atoms with Crippen LogP contribution >= 0.6 is 0 Å². The number of nitrogens with one attached hydrogen (secondary N) is 2. The number of aliphatic hydroxyl groups is 1. The van der Waals surface area contributed by atoms with E-state index in [1.807, 2.05) is 16.8 Å². The van der Waals surface area contributed by atoms with Gasteiger partial charge in [0.05, 0.1) is 22.4 Å². The van der Waals surface area contributed by atoms with Crippen molar-refractivity contribution in [2.75, 3.05) is 38.0 Å². The average molecular weight is 514 g/mol. The number of rotatable bonds is 8. The number of benzene rings is 1. The first-order valence-electron chi connectivity index (χ1n) is 13.0. The van der Waals surface area contributed by atoms with Gasteiger partial charge in [0.25, 0.3) is 0 Å². The molecule has 1 aliphatic carbocycles. The minimum absolute atomic E-state index is 0.149. The Bertz CT molecular complexity index is 1280. The molecule has 1 aromatic carbocycles. The van der Waals surface area contributed by atoms with Crippen LogP contribution in [0.4, 0.5) is 5.95 Å². The largest absolute Gasteiger partial charge is 0.393 e. The van der Waals surface area contributed by atoms with Gasteiger partial charge in [-0.25, -0.2) is 18.1 Å². The normalized spacial score (nSPS) is 21.6. The Morgan fingerprint density at radius 1 is 1.11 bits per heavy atom. The van der Waals surface area contributed by atoms with E-state index < -0.39 is 10.0 Å². The van der Waals surface area contributed by atoms with Gasteiger partial charge in [-0.05, 0) is 44.2 Å². The SMILES string of the molecule is CCCCNc1ncc2c(-c3ccc(S(=O)(=O)N4CCNCC4)cc3)nn(C3CCC(O)CC3)c2n1. The molecule has 11 heteroatoms. The van der Waals surface area contributed by atoms with Crippen LogP contribution < -0.4 is 10.6 Å². The highest BCUT2D eigenvalue weighted by molar-refractivity contribution is 7.89. The minimum atomic E-state index is -3.53. The van der Waals surface area contributed by atoms with Gasteiger partial charge in [0.15, 0.2) is 5.65 Å². The fraction of sp³-hybridized carbons (Fsp3) is 0.560. The van der Waals surface area contributed by atoms with Crippen molar-refractivity contribution in [1.29, 1.82) is 0 Å². The highest BCUT2D eigenvalue weighted by Crippen LogP contribution is 2.35. The molecule has 1 saturated carbocycles. The third-order valence-electron chi connectivity index (χ3n) is 7.12. The summed E-state index contributed by atoms with van der Waals surface area (Å²) in [6.45, 7) is 5.22. The van der Waals surface area contributed by atoms with Crippen molar-refractivity contribution in [3.63, 3.8) is 0 Å². The monoisotopic (exact) mass is 513 g/mol. The second-order valence-electron chi connectivity index (χ2n) is 9.65. The zero-order chi connectivity index (χ0) is 25.1.